The summed E-state index contributed by atoms with van der Waals surface area (Å²) in [5, 5.41) is 0. The smallest absolute Gasteiger partial charge is 0.243 e. The Hall–Kier alpha value is -0.990. The maximum atomic E-state index is 13.8. The number of nitrogens with one attached hydrogen (secondary N) is 1. The predicted octanol–water partition coefficient (Wildman–Crippen LogP) is 2.52. The van der Waals surface area contributed by atoms with Crippen LogP contribution in [0.2, 0.25) is 4.34 Å². The van der Waals surface area contributed by atoms with Gasteiger partial charge >= 0.3 is 0 Å². The molecule has 3 N–H and O–H groups in total. The maximum Gasteiger partial charge on any atom is 0.243 e. The molecule has 0 radical (unpaired) electrons. The van der Waals surface area contributed by atoms with Crippen LogP contribution in [0.15, 0.2) is 35.2 Å². The number of thiophene rings is 1. The standard InChI is InChI=1S/C13H14ClFN2O2S2/c14-13-4-2-10(20-13)5-6-17-21(18,19)12-3-1-9(8-16)7-11(12)15/h1-4,7,17H,5-6,8,16H2. The lowest BCUT2D eigenvalue weighted by Gasteiger charge is -2.08. The molecule has 0 amide bonds. The molecular formula is C13H14ClFN2O2S2. The molecular weight excluding hydrogens is 335 g/mol. The number of benzene rings is 1. The second-order valence-electron chi connectivity index (χ2n) is 4.32. The van der Waals surface area contributed by atoms with Crippen LogP contribution in [-0.4, -0.2) is 15.0 Å². The fraction of sp³-hybridized carbons (Fsp3) is 0.231. The van der Waals surface area contributed by atoms with Crippen molar-refractivity contribution in [1.29, 1.82) is 0 Å². The molecule has 21 heavy (non-hydrogen) atoms. The third-order valence-electron chi connectivity index (χ3n) is 2.81. The van der Waals surface area contributed by atoms with Crippen molar-refractivity contribution in [3.8, 4) is 0 Å². The first-order chi connectivity index (χ1) is 9.92. The van der Waals surface area contributed by atoms with Crippen LogP contribution in [0.4, 0.5) is 4.39 Å². The number of rotatable bonds is 6. The molecule has 1 aromatic heterocycles. The summed E-state index contributed by atoms with van der Waals surface area (Å²) in [6.07, 6.45) is 0.499. The molecule has 0 atom stereocenters. The van der Waals surface area contributed by atoms with Crippen LogP contribution in [0.3, 0.4) is 0 Å². The SMILES string of the molecule is NCc1ccc(S(=O)(=O)NCCc2ccc(Cl)s2)c(F)c1. The van der Waals surface area contributed by atoms with Crippen molar-refractivity contribution in [2.24, 2.45) is 5.73 Å². The Bertz CT molecular complexity index is 732. The minimum atomic E-state index is -3.87. The number of halogens is 2. The van der Waals surface area contributed by atoms with E-state index in [4.69, 9.17) is 17.3 Å². The molecule has 114 valence electrons. The summed E-state index contributed by atoms with van der Waals surface area (Å²) in [6.45, 7) is 0.334. The van der Waals surface area contributed by atoms with Gasteiger partial charge in [0.25, 0.3) is 0 Å². The van der Waals surface area contributed by atoms with Gasteiger partial charge in [-0.2, -0.15) is 0 Å². The van der Waals surface area contributed by atoms with E-state index in [2.05, 4.69) is 4.72 Å². The summed E-state index contributed by atoms with van der Waals surface area (Å²) in [5.41, 5.74) is 5.92. The molecule has 0 bridgehead atoms. The largest absolute Gasteiger partial charge is 0.326 e. The van der Waals surface area contributed by atoms with Crippen molar-refractivity contribution in [3.63, 3.8) is 0 Å². The summed E-state index contributed by atoms with van der Waals surface area (Å²) in [4.78, 5) is 0.588. The maximum absolute atomic E-state index is 13.8. The first kappa shape index (κ1) is 16.4. The van der Waals surface area contributed by atoms with E-state index < -0.39 is 15.8 Å². The van der Waals surface area contributed by atoms with Crippen LogP contribution in [0.5, 0.6) is 0 Å². The monoisotopic (exact) mass is 348 g/mol. The Morgan fingerprint density at radius 2 is 2.05 bits per heavy atom. The zero-order chi connectivity index (χ0) is 15.5. The second kappa shape index (κ2) is 6.85. The summed E-state index contributed by atoms with van der Waals surface area (Å²) in [6, 6.07) is 7.44. The van der Waals surface area contributed by atoms with Gasteiger partial charge in [0.2, 0.25) is 10.0 Å². The van der Waals surface area contributed by atoms with E-state index >= 15 is 0 Å². The number of nitrogens with two attached hydrogens (primary N) is 1. The predicted molar refractivity (Wildman–Crippen MR) is 82.5 cm³/mol. The highest BCUT2D eigenvalue weighted by atomic mass is 35.5. The van der Waals surface area contributed by atoms with Gasteiger partial charge in [-0.3, -0.25) is 0 Å². The van der Waals surface area contributed by atoms with Gasteiger partial charge in [0.15, 0.2) is 0 Å². The van der Waals surface area contributed by atoms with Crippen LogP contribution >= 0.6 is 22.9 Å². The van der Waals surface area contributed by atoms with E-state index in [1.54, 1.807) is 6.07 Å². The molecule has 0 spiro atoms. The van der Waals surface area contributed by atoms with Crippen LogP contribution in [0.25, 0.3) is 0 Å². The highest BCUT2D eigenvalue weighted by molar-refractivity contribution is 7.89. The molecule has 0 saturated carbocycles. The average Bonchev–Trinajstić information content (AvgIpc) is 2.83. The normalized spacial score (nSPS) is 11.8. The van der Waals surface area contributed by atoms with E-state index in [1.165, 1.54) is 23.5 Å². The highest BCUT2D eigenvalue weighted by Crippen LogP contribution is 2.21. The molecule has 0 unspecified atom stereocenters. The number of sulfonamides is 1. The average molecular weight is 349 g/mol. The van der Waals surface area contributed by atoms with Crippen molar-refractivity contribution >= 4 is 33.0 Å². The van der Waals surface area contributed by atoms with Crippen LogP contribution < -0.4 is 10.5 Å². The van der Waals surface area contributed by atoms with Gasteiger partial charge in [0.05, 0.1) is 4.34 Å². The van der Waals surface area contributed by atoms with Gasteiger partial charge in [-0.05, 0) is 36.2 Å². The van der Waals surface area contributed by atoms with E-state index in [-0.39, 0.29) is 18.0 Å². The lowest BCUT2D eigenvalue weighted by molar-refractivity contribution is 0.556. The molecule has 0 aliphatic rings. The Labute approximate surface area is 131 Å². The van der Waals surface area contributed by atoms with Gasteiger partial charge in [0, 0.05) is 18.0 Å². The minimum absolute atomic E-state index is 0.157. The molecule has 0 fully saturated rings. The number of hydrogen-bond donors (Lipinski definition) is 2. The second-order valence-corrected chi connectivity index (χ2v) is 7.86. The Morgan fingerprint density at radius 3 is 2.62 bits per heavy atom. The van der Waals surface area contributed by atoms with Gasteiger partial charge in [-0.15, -0.1) is 11.3 Å². The summed E-state index contributed by atoms with van der Waals surface area (Å²) in [5.74, 6) is -0.801. The van der Waals surface area contributed by atoms with Crippen molar-refractivity contribution < 1.29 is 12.8 Å². The zero-order valence-corrected chi connectivity index (χ0v) is 13.4. The Balaban J connectivity index is 2.04. The molecule has 4 nitrogen and oxygen atoms in total. The number of hydrogen-bond acceptors (Lipinski definition) is 4. The highest BCUT2D eigenvalue weighted by Gasteiger charge is 2.18. The fourth-order valence-electron chi connectivity index (χ4n) is 1.76. The van der Waals surface area contributed by atoms with Gasteiger partial charge in [0.1, 0.15) is 10.7 Å². The van der Waals surface area contributed by atoms with Crippen molar-refractivity contribution in [2.75, 3.05) is 6.54 Å². The summed E-state index contributed by atoms with van der Waals surface area (Å²) in [7, 11) is -3.87. The molecule has 1 heterocycles. The van der Waals surface area contributed by atoms with E-state index in [0.717, 1.165) is 10.9 Å². The van der Waals surface area contributed by atoms with Crippen LogP contribution in [0.1, 0.15) is 10.4 Å². The first-order valence-electron chi connectivity index (χ1n) is 6.15. The Kier molecular flexibility index (Phi) is 5.34. The molecule has 0 saturated heterocycles. The first-order valence-corrected chi connectivity index (χ1v) is 8.82. The Morgan fingerprint density at radius 1 is 1.29 bits per heavy atom. The van der Waals surface area contributed by atoms with Gasteiger partial charge in [-0.25, -0.2) is 17.5 Å². The molecule has 0 aliphatic carbocycles. The summed E-state index contributed by atoms with van der Waals surface area (Å²) < 4.78 is 40.9. The third kappa shape index (κ3) is 4.24. The molecule has 8 heteroatoms. The molecule has 1 aromatic carbocycles. The van der Waals surface area contributed by atoms with E-state index in [9.17, 15) is 12.8 Å². The molecule has 2 aromatic rings. The fourth-order valence-corrected chi connectivity index (χ4v) is 3.94. The minimum Gasteiger partial charge on any atom is -0.326 e. The lowest BCUT2D eigenvalue weighted by atomic mass is 10.2. The quantitative estimate of drug-likeness (QED) is 0.842. The van der Waals surface area contributed by atoms with Crippen LogP contribution in [-0.2, 0) is 23.0 Å². The topological polar surface area (TPSA) is 72.2 Å². The molecule has 0 aliphatic heterocycles. The lowest BCUT2D eigenvalue weighted by Crippen LogP contribution is -2.26. The van der Waals surface area contributed by atoms with E-state index in [0.29, 0.717) is 16.3 Å². The van der Waals surface area contributed by atoms with Gasteiger partial charge in [-0.1, -0.05) is 17.7 Å². The van der Waals surface area contributed by atoms with Crippen molar-refractivity contribution in [2.45, 2.75) is 17.9 Å². The third-order valence-corrected chi connectivity index (χ3v) is 5.60. The van der Waals surface area contributed by atoms with Crippen LogP contribution in [0, 0.1) is 5.82 Å². The summed E-state index contributed by atoms with van der Waals surface area (Å²) >= 11 is 7.18. The van der Waals surface area contributed by atoms with E-state index in [1.807, 2.05) is 6.07 Å². The molecule has 2 rings (SSSR count). The zero-order valence-electron chi connectivity index (χ0n) is 11.0. The van der Waals surface area contributed by atoms with Crippen molar-refractivity contribution in [3.05, 3.63) is 50.9 Å². The van der Waals surface area contributed by atoms with Crippen molar-refractivity contribution in [1.82, 2.24) is 4.72 Å². The van der Waals surface area contributed by atoms with Gasteiger partial charge < -0.3 is 5.73 Å².